The van der Waals surface area contributed by atoms with E-state index in [-0.39, 0.29) is 5.91 Å². The van der Waals surface area contributed by atoms with Crippen LogP contribution in [0.5, 0.6) is 0 Å². The topological polar surface area (TPSA) is 59.2 Å². The number of pyridine rings is 1. The summed E-state index contributed by atoms with van der Waals surface area (Å²) in [6, 6.07) is 5.20. The fourth-order valence-corrected chi connectivity index (χ4v) is 1.07. The van der Waals surface area contributed by atoms with E-state index in [4.69, 9.17) is 5.84 Å². The summed E-state index contributed by atoms with van der Waals surface area (Å²) >= 11 is 0. The predicted octanol–water partition coefficient (Wildman–Crippen LogP) is 1.20. The molecule has 0 atom stereocenters. The molecule has 0 unspecified atom stereocenters. The van der Waals surface area contributed by atoms with Crippen molar-refractivity contribution in [1.29, 1.82) is 0 Å². The van der Waals surface area contributed by atoms with Crippen LogP contribution in [0.2, 0.25) is 0 Å². The molecule has 0 aliphatic heterocycles. The first-order valence-electron chi connectivity index (χ1n) is 4.73. The van der Waals surface area contributed by atoms with E-state index in [0.29, 0.717) is 12.2 Å². The maximum absolute atomic E-state index is 11.6. The molecule has 0 saturated carbocycles. The third-order valence-corrected chi connectivity index (χ3v) is 1.90. The molecule has 1 rings (SSSR count). The van der Waals surface area contributed by atoms with Crippen LogP contribution in [0.4, 0.5) is 0 Å². The molecule has 1 heterocycles. The van der Waals surface area contributed by atoms with Crippen LogP contribution in [-0.2, 0) is 0 Å². The Morgan fingerprint density at radius 2 is 2.36 bits per heavy atom. The molecular formula is C10H15N3O. The number of nitrogens with two attached hydrogens (primary N) is 1. The molecule has 4 heteroatoms. The lowest BCUT2D eigenvalue weighted by Gasteiger charge is -2.15. The number of hydrazine groups is 1. The van der Waals surface area contributed by atoms with Crippen molar-refractivity contribution in [3.63, 3.8) is 0 Å². The number of amides is 1. The van der Waals surface area contributed by atoms with Gasteiger partial charge >= 0.3 is 0 Å². The van der Waals surface area contributed by atoms with Crippen LogP contribution in [0.15, 0.2) is 24.4 Å². The number of carbonyl (C=O) groups excluding carboxylic acids is 1. The second-order valence-corrected chi connectivity index (χ2v) is 3.07. The zero-order chi connectivity index (χ0) is 10.4. The van der Waals surface area contributed by atoms with Gasteiger partial charge in [-0.2, -0.15) is 0 Å². The molecule has 2 N–H and O–H groups in total. The van der Waals surface area contributed by atoms with E-state index in [1.165, 1.54) is 5.01 Å². The van der Waals surface area contributed by atoms with Crippen molar-refractivity contribution in [3.8, 4) is 0 Å². The normalized spacial score (nSPS) is 9.86. The largest absolute Gasteiger partial charge is 0.286 e. The first-order valence-corrected chi connectivity index (χ1v) is 4.73. The Bertz CT molecular complexity index is 287. The smallest absolute Gasteiger partial charge is 0.275 e. The molecule has 0 aromatic carbocycles. The van der Waals surface area contributed by atoms with Crippen LogP contribution in [0.3, 0.4) is 0 Å². The minimum Gasteiger partial charge on any atom is -0.275 e. The van der Waals surface area contributed by atoms with Crippen molar-refractivity contribution in [2.45, 2.75) is 19.8 Å². The van der Waals surface area contributed by atoms with E-state index < -0.39 is 0 Å². The Morgan fingerprint density at radius 3 is 2.93 bits per heavy atom. The van der Waals surface area contributed by atoms with E-state index in [9.17, 15) is 4.79 Å². The van der Waals surface area contributed by atoms with E-state index in [2.05, 4.69) is 11.9 Å². The lowest BCUT2D eigenvalue weighted by atomic mass is 10.3. The molecular weight excluding hydrogens is 178 g/mol. The summed E-state index contributed by atoms with van der Waals surface area (Å²) in [4.78, 5) is 15.5. The van der Waals surface area contributed by atoms with Gasteiger partial charge in [0.2, 0.25) is 0 Å². The molecule has 0 bridgehead atoms. The van der Waals surface area contributed by atoms with Gasteiger partial charge in [-0.3, -0.25) is 14.8 Å². The third kappa shape index (κ3) is 2.81. The number of aromatic nitrogens is 1. The van der Waals surface area contributed by atoms with Gasteiger partial charge in [0.1, 0.15) is 5.69 Å². The van der Waals surface area contributed by atoms with Crippen molar-refractivity contribution >= 4 is 5.91 Å². The van der Waals surface area contributed by atoms with Gasteiger partial charge < -0.3 is 0 Å². The highest BCUT2D eigenvalue weighted by Gasteiger charge is 2.11. The fourth-order valence-electron chi connectivity index (χ4n) is 1.07. The molecule has 0 aliphatic rings. The van der Waals surface area contributed by atoms with Crippen molar-refractivity contribution < 1.29 is 4.79 Å². The number of rotatable bonds is 4. The summed E-state index contributed by atoms with van der Waals surface area (Å²) in [7, 11) is 0. The third-order valence-electron chi connectivity index (χ3n) is 1.90. The SMILES string of the molecule is CCCCN(N)C(=O)c1ccccn1. The highest BCUT2D eigenvalue weighted by atomic mass is 16.2. The van der Waals surface area contributed by atoms with Gasteiger partial charge in [0.05, 0.1) is 0 Å². The lowest BCUT2D eigenvalue weighted by Crippen LogP contribution is -2.38. The molecule has 0 saturated heterocycles. The number of carbonyl (C=O) groups is 1. The quantitative estimate of drug-likeness (QED) is 0.444. The molecule has 4 nitrogen and oxygen atoms in total. The van der Waals surface area contributed by atoms with E-state index in [0.717, 1.165) is 12.8 Å². The molecule has 1 aromatic heterocycles. The number of hydrogen-bond donors (Lipinski definition) is 1. The first-order chi connectivity index (χ1) is 6.75. The highest BCUT2D eigenvalue weighted by Crippen LogP contribution is 1.99. The van der Waals surface area contributed by atoms with Gasteiger partial charge in [-0.1, -0.05) is 19.4 Å². The fraction of sp³-hybridized carbons (Fsp3) is 0.400. The van der Waals surface area contributed by atoms with Gasteiger partial charge in [-0.05, 0) is 18.6 Å². The van der Waals surface area contributed by atoms with Crippen molar-refractivity contribution in [2.24, 2.45) is 5.84 Å². The summed E-state index contributed by atoms with van der Waals surface area (Å²) < 4.78 is 0. The maximum Gasteiger partial charge on any atom is 0.286 e. The van der Waals surface area contributed by atoms with E-state index in [1.807, 2.05) is 0 Å². The van der Waals surface area contributed by atoms with Crippen LogP contribution >= 0.6 is 0 Å². The highest BCUT2D eigenvalue weighted by molar-refractivity contribution is 5.91. The first kappa shape index (κ1) is 10.7. The predicted molar refractivity (Wildman–Crippen MR) is 54.4 cm³/mol. The van der Waals surface area contributed by atoms with Gasteiger partial charge in [0.15, 0.2) is 0 Å². The molecule has 0 fully saturated rings. The molecule has 0 aliphatic carbocycles. The van der Waals surface area contributed by atoms with Gasteiger partial charge in [-0.25, -0.2) is 5.84 Å². The maximum atomic E-state index is 11.6. The minimum absolute atomic E-state index is 0.223. The summed E-state index contributed by atoms with van der Waals surface area (Å²) in [5, 5.41) is 1.21. The van der Waals surface area contributed by atoms with Crippen molar-refractivity contribution in [1.82, 2.24) is 9.99 Å². The van der Waals surface area contributed by atoms with Crippen molar-refractivity contribution in [3.05, 3.63) is 30.1 Å². The average molecular weight is 193 g/mol. The second-order valence-electron chi connectivity index (χ2n) is 3.07. The molecule has 14 heavy (non-hydrogen) atoms. The Balaban J connectivity index is 2.57. The van der Waals surface area contributed by atoms with E-state index >= 15 is 0 Å². The van der Waals surface area contributed by atoms with Crippen LogP contribution < -0.4 is 5.84 Å². The minimum atomic E-state index is -0.223. The van der Waals surface area contributed by atoms with Crippen LogP contribution in [0.25, 0.3) is 0 Å². The van der Waals surface area contributed by atoms with E-state index in [1.54, 1.807) is 24.4 Å². The van der Waals surface area contributed by atoms with Gasteiger partial charge in [-0.15, -0.1) is 0 Å². The lowest BCUT2D eigenvalue weighted by molar-refractivity contribution is 0.0747. The summed E-state index contributed by atoms with van der Waals surface area (Å²) in [6.45, 7) is 2.63. The Kier molecular flexibility index (Phi) is 4.07. The molecule has 0 spiro atoms. The zero-order valence-electron chi connectivity index (χ0n) is 8.31. The number of hydrogen-bond acceptors (Lipinski definition) is 3. The van der Waals surface area contributed by atoms with Gasteiger partial charge in [0, 0.05) is 12.7 Å². The summed E-state index contributed by atoms with van der Waals surface area (Å²) in [5.74, 6) is 5.36. The monoisotopic (exact) mass is 193 g/mol. The number of nitrogens with zero attached hydrogens (tertiary/aromatic N) is 2. The van der Waals surface area contributed by atoms with Gasteiger partial charge in [0.25, 0.3) is 5.91 Å². The second kappa shape index (κ2) is 5.34. The molecule has 0 radical (unpaired) electrons. The zero-order valence-corrected chi connectivity index (χ0v) is 8.31. The molecule has 76 valence electrons. The van der Waals surface area contributed by atoms with Crippen molar-refractivity contribution in [2.75, 3.05) is 6.54 Å². The average Bonchev–Trinajstić information content (AvgIpc) is 2.26. The molecule has 1 aromatic rings. The Labute approximate surface area is 83.7 Å². The summed E-state index contributed by atoms with van der Waals surface area (Å²) in [5.41, 5.74) is 0.395. The standard InChI is InChI=1S/C10H15N3O/c1-2-3-8-13(11)10(14)9-6-4-5-7-12-9/h4-7H,2-3,8,11H2,1H3. The Hall–Kier alpha value is -1.42. The van der Waals surface area contributed by atoms with Crippen LogP contribution in [0.1, 0.15) is 30.3 Å². The summed E-state index contributed by atoms with van der Waals surface area (Å²) in [6.07, 6.45) is 3.51. The van der Waals surface area contributed by atoms with Crippen LogP contribution in [-0.4, -0.2) is 22.4 Å². The Morgan fingerprint density at radius 1 is 1.57 bits per heavy atom. The number of unbranched alkanes of at least 4 members (excludes halogenated alkanes) is 1. The molecule has 1 amide bonds. The van der Waals surface area contributed by atoms with Crippen LogP contribution in [0, 0.1) is 0 Å².